The third-order valence-electron chi connectivity index (χ3n) is 3.86. The van der Waals surface area contributed by atoms with E-state index in [0.717, 1.165) is 29.2 Å². The fraction of sp³-hybridized carbons (Fsp3) is 0.316. The van der Waals surface area contributed by atoms with Crippen LogP contribution >= 0.6 is 11.3 Å². The molecule has 0 aliphatic rings. The highest BCUT2D eigenvalue weighted by Crippen LogP contribution is 2.21. The van der Waals surface area contributed by atoms with E-state index in [1.807, 2.05) is 41.8 Å². The molecule has 2 N–H and O–H groups in total. The number of nitrogens with one attached hydrogen (secondary N) is 2. The van der Waals surface area contributed by atoms with Gasteiger partial charge in [-0.15, -0.1) is 11.3 Å². The Kier molecular flexibility index (Phi) is 6.51. The number of aromatic nitrogens is 2. The molecule has 2 heterocycles. The minimum absolute atomic E-state index is 0.00746. The molecule has 136 valence electrons. The minimum Gasteiger partial charge on any atom is -0.339 e. The van der Waals surface area contributed by atoms with Crippen LogP contribution in [0.5, 0.6) is 0 Å². The van der Waals surface area contributed by atoms with Crippen LogP contribution in [0, 0.1) is 0 Å². The highest BCUT2D eigenvalue weighted by atomic mass is 32.1. The van der Waals surface area contributed by atoms with Crippen LogP contribution in [0.4, 0.5) is 5.69 Å². The van der Waals surface area contributed by atoms with Crippen molar-refractivity contribution in [3.63, 3.8) is 0 Å². The maximum absolute atomic E-state index is 12.2. The lowest BCUT2D eigenvalue weighted by molar-refractivity contribution is -0.116. The number of thiophene rings is 1. The molecule has 1 aromatic carbocycles. The van der Waals surface area contributed by atoms with Crippen LogP contribution in [0.15, 0.2) is 46.3 Å². The summed E-state index contributed by atoms with van der Waals surface area (Å²) in [6.45, 7) is 3.68. The van der Waals surface area contributed by atoms with Gasteiger partial charge >= 0.3 is 0 Å². The predicted molar refractivity (Wildman–Crippen MR) is 103 cm³/mol. The second kappa shape index (κ2) is 9.26. The van der Waals surface area contributed by atoms with Gasteiger partial charge in [-0.05, 0) is 36.0 Å². The van der Waals surface area contributed by atoms with Crippen molar-refractivity contribution in [3.8, 4) is 10.7 Å². The van der Waals surface area contributed by atoms with E-state index < -0.39 is 0 Å². The van der Waals surface area contributed by atoms with Crippen LogP contribution in [0.3, 0.4) is 0 Å². The van der Waals surface area contributed by atoms with Crippen molar-refractivity contribution in [2.24, 2.45) is 0 Å². The van der Waals surface area contributed by atoms with Gasteiger partial charge < -0.3 is 15.2 Å². The largest absolute Gasteiger partial charge is 0.339 e. The Labute approximate surface area is 156 Å². The molecule has 0 saturated heterocycles. The first-order chi connectivity index (χ1) is 12.8. The lowest BCUT2D eigenvalue weighted by Crippen LogP contribution is -2.17. The summed E-state index contributed by atoms with van der Waals surface area (Å²) in [4.78, 5) is 17.6. The number of hydrogen-bond donors (Lipinski definition) is 2. The molecule has 0 bridgehead atoms. The van der Waals surface area contributed by atoms with Crippen molar-refractivity contribution >= 4 is 22.9 Å². The number of anilines is 1. The van der Waals surface area contributed by atoms with Gasteiger partial charge in [-0.25, -0.2) is 0 Å². The molecule has 0 aliphatic carbocycles. The molecule has 0 saturated carbocycles. The van der Waals surface area contributed by atoms with Crippen LogP contribution in [0.25, 0.3) is 10.7 Å². The van der Waals surface area contributed by atoms with Crippen molar-refractivity contribution in [3.05, 3.63) is 53.2 Å². The zero-order valence-electron chi connectivity index (χ0n) is 14.7. The summed E-state index contributed by atoms with van der Waals surface area (Å²) in [5, 5.41) is 12.2. The van der Waals surface area contributed by atoms with Gasteiger partial charge in [-0.3, -0.25) is 4.79 Å². The number of hydrogen-bond acceptors (Lipinski definition) is 6. The topological polar surface area (TPSA) is 80.0 Å². The number of para-hydroxylation sites is 1. The Morgan fingerprint density at radius 1 is 1.23 bits per heavy atom. The van der Waals surface area contributed by atoms with E-state index in [2.05, 4.69) is 27.7 Å². The number of benzene rings is 1. The normalized spacial score (nSPS) is 10.8. The van der Waals surface area contributed by atoms with E-state index in [1.54, 1.807) is 11.3 Å². The summed E-state index contributed by atoms with van der Waals surface area (Å²) in [6, 6.07) is 11.8. The van der Waals surface area contributed by atoms with E-state index in [0.29, 0.717) is 31.0 Å². The highest BCUT2D eigenvalue weighted by Gasteiger charge is 2.11. The zero-order valence-corrected chi connectivity index (χ0v) is 15.5. The first-order valence-electron chi connectivity index (χ1n) is 8.71. The Morgan fingerprint density at radius 2 is 2.12 bits per heavy atom. The lowest BCUT2D eigenvalue weighted by atomic mass is 10.1. The van der Waals surface area contributed by atoms with E-state index in [-0.39, 0.29) is 5.91 Å². The van der Waals surface area contributed by atoms with Crippen molar-refractivity contribution in [2.75, 3.05) is 11.9 Å². The summed E-state index contributed by atoms with van der Waals surface area (Å²) < 4.78 is 5.26. The van der Waals surface area contributed by atoms with Gasteiger partial charge in [-0.1, -0.05) is 36.3 Å². The first-order valence-corrected chi connectivity index (χ1v) is 9.59. The SMILES string of the molecule is CCNCc1ccccc1NC(=O)CCCc1nc(-c2cccs2)no1. The average Bonchev–Trinajstić information content (AvgIpc) is 3.32. The quantitative estimate of drug-likeness (QED) is 0.598. The molecule has 26 heavy (non-hydrogen) atoms. The van der Waals surface area contributed by atoms with Gasteiger partial charge in [0.25, 0.3) is 0 Å². The number of rotatable bonds is 9. The molecule has 2 aromatic heterocycles. The summed E-state index contributed by atoms with van der Waals surface area (Å²) in [5.41, 5.74) is 1.94. The van der Waals surface area contributed by atoms with Crippen molar-refractivity contribution in [1.29, 1.82) is 0 Å². The van der Waals surface area contributed by atoms with E-state index in [4.69, 9.17) is 4.52 Å². The third kappa shape index (κ3) is 5.00. The molecule has 3 rings (SSSR count). The van der Waals surface area contributed by atoms with Gasteiger partial charge in [0.15, 0.2) is 0 Å². The Hall–Kier alpha value is -2.51. The first kappa shape index (κ1) is 18.3. The van der Waals surface area contributed by atoms with Crippen LogP contribution < -0.4 is 10.6 Å². The van der Waals surface area contributed by atoms with E-state index in [9.17, 15) is 4.79 Å². The maximum atomic E-state index is 12.2. The highest BCUT2D eigenvalue weighted by molar-refractivity contribution is 7.13. The molecule has 7 heteroatoms. The third-order valence-corrected chi connectivity index (χ3v) is 4.73. The zero-order chi connectivity index (χ0) is 18.2. The van der Waals surface area contributed by atoms with Gasteiger partial charge in [0.05, 0.1) is 4.88 Å². The monoisotopic (exact) mass is 370 g/mol. The van der Waals surface area contributed by atoms with E-state index in [1.165, 1.54) is 0 Å². The van der Waals surface area contributed by atoms with Gasteiger partial charge in [0.1, 0.15) is 0 Å². The summed E-state index contributed by atoms with van der Waals surface area (Å²) in [7, 11) is 0. The molecule has 0 atom stereocenters. The average molecular weight is 370 g/mol. The second-order valence-corrected chi connectivity index (χ2v) is 6.78. The Bertz CT molecular complexity index is 830. The number of carbonyl (C=O) groups is 1. The summed E-state index contributed by atoms with van der Waals surface area (Å²) in [6.07, 6.45) is 1.66. The smallest absolute Gasteiger partial charge is 0.226 e. The number of carbonyl (C=O) groups excluding carboxylic acids is 1. The number of nitrogens with zero attached hydrogens (tertiary/aromatic N) is 2. The molecule has 0 fully saturated rings. The molecule has 0 aliphatic heterocycles. The Morgan fingerprint density at radius 3 is 2.92 bits per heavy atom. The molecular formula is C19H22N4O2S. The fourth-order valence-corrected chi connectivity index (χ4v) is 3.18. The van der Waals surface area contributed by atoms with Crippen LogP contribution in [-0.4, -0.2) is 22.6 Å². The minimum atomic E-state index is -0.00746. The standard InChI is InChI=1S/C19H22N4O2S/c1-2-20-13-14-7-3-4-8-15(14)21-17(24)10-5-11-18-22-19(23-25-18)16-9-6-12-26-16/h3-4,6-9,12,20H,2,5,10-11,13H2,1H3,(H,21,24). The number of aryl methyl sites for hydroxylation is 1. The van der Waals surface area contributed by atoms with Gasteiger partial charge in [0, 0.05) is 25.1 Å². The molecule has 0 radical (unpaired) electrons. The van der Waals surface area contributed by atoms with Crippen molar-refractivity contribution in [1.82, 2.24) is 15.5 Å². The van der Waals surface area contributed by atoms with Crippen LogP contribution in [-0.2, 0) is 17.8 Å². The van der Waals surface area contributed by atoms with Crippen molar-refractivity contribution in [2.45, 2.75) is 32.7 Å². The molecule has 3 aromatic rings. The van der Waals surface area contributed by atoms with Crippen molar-refractivity contribution < 1.29 is 9.32 Å². The fourth-order valence-electron chi connectivity index (χ4n) is 2.53. The molecule has 6 nitrogen and oxygen atoms in total. The molecule has 1 amide bonds. The molecule has 0 unspecified atom stereocenters. The summed E-state index contributed by atoms with van der Waals surface area (Å²) in [5.74, 6) is 1.16. The maximum Gasteiger partial charge on any atom is 0.226 e. The van der Waals surface area contributed by atoms with Gasteiger partial charge in [0.2, 0.25) is 17.6 Å². The second-order valence-electron chi connectivity index (χ2n) is 5.83. The number of amides is 1. The van der Waals surface area contributed by atoms with Crippen LogP contribution in [0.2, 0.25) is 0 Å². The summed E-state index contributed by atoms with van der Waals surface area (Å²) >= 11 is 1.57. The van der Waals surface area contributed by atoms with Crippen LogP contribution in [0.1, 0.15) is 31.2 Å². The van der Waals surface area contributed by atoms with E-state index >= 15 is 0 Å². The molecule has 0 spiro atoms. The van der Waals surface area contributed by atoms with Gasteiger partial charge in [-0.2, -0.15) is 4.98 Å². The lowest BCUT2D eigenvalue weighted by Gasteiger charge is -2.11. The predicted octanol–water partition coefficient (Wildman–Crippen LogP) is 3.87. The molecular weight excluding hydrogens is 348 g/mol. The Balaban J connectivity index is 1.48.